The first-order chi connectivity index (χ1) is 12.4. The molecule has 3 rings (SSSR count). The van der Waals surface area contributed by atoms with Crippen LogP contribution in [0.2, 0.25) is 0 Å². The summed E-state index contributed by atoms with van der Waals surface area (Å²) in [5, 5.41) is 3.19. The van der Waals surface area contributed by atoms with Crippen LogP contribution in [-0.2, 0) is 10.2 Å². The maximum absolute atomic E-state index is 13.0. The first kappa shape index (κ1) is 18.8. The van der Waals surface area contributed by atoms with E-state index in [4.69, 9.17) is 9.47 Å². The summed E-state index contributed by atoms with van der Waals surface area (Å²) in [5.74, 6) is 1.45. The molecule has 0 aromatic heterocycles. The Hall–Kier alpha value is -2.01. The number of benzene rings is 2. The monoisotopic (exact) mass is 417 g/mol. The fourth-order valence-corrected chi connectivity index (χ4v) is 3.68. The molecule has 0 spiro atoms. The largest absolute Gasteiger partial charge is 0.493 e. The lowest BCUT2D eigenvalue weighted by molar-refractivity contribution is -0.124. The predicted octanol–water partition coefficient (Wildman–Crippen LogP) is 4.68. The highest BCUT2D eigenvalue weighted by molar-refractivity contribution is 9.10. The summed E-state index contributed by atoms with van der Waals surface area (Å²) in [6.45, 7) is 4.02. The minimum absolute atomic E-state index is 0.0847. The molecule has 2 aromatic carbocycles. The second kappa shape index (κ2) is 7.31. The number of hydrogen-bond acceptors (Lipinski definition) is 3. The Bertz CT molecular complexity index is 813. The number of rotatable bonds is 6. The van der Waals surface area contributed by atoms with Gasteiger partial charge in [-0.25, -0.2) is 0 Å². The van der Waals surface area contributed by atoms with Gasteiger partial charge in [-0.15, -0.1) is 0 Å². The predicted molar refractivity (Wildman–Crippen MR) is 106 cm³/mol. The van der Waals surface area contributed by atoms with Crippen molar-refractivity contribution >= 4 is 21.8 Å². The molecule has 0 radical (unpaired) electrons. The SMILES string of the molecule is COc1cc(C)c(C(C)NC(=O)C2(c3ccc(Br)cc3)CC2)cc1OC. The summed E-state index contributed by atoms with van der Waals surface area (Å²) in [7, 11) is 3.24. The highest BCUT2D eigenvalue weighted by Crippen LogP contribution is 2.49. The fourth-order valence-electron chi connectivity index (χ4n) is 3.42. The molecular formula is C21H24BrNO3. The van der Waals surface area contributed by atoms with Gasteiger partial charge in [-0.2, -0.15) is 0 Å². The average molecular weight is 418 g/mol. The van der Waals surface area contributed by atoms with Gasteiger partial charge in [-0.3, -0.25) is 4.79 Å². The number of halogens is 1. The highest BCUT2D eigenvalue weighted by atomic mass is 79.9. The molecule has 1 aliphatic rings. The van der Waals surface area contributed by atoms with E-state index in [9.17, 15) is 4.79 Å². The molecule has 0 bridgehead atoms. The molecule has 0 saturated heterocycles. The molecule has 1 N–H and O–H groups in total. The van der Waals surface area contributed by atoms with Gasteiger partial charge < -0.3 is 14.8 Å². The third-order valence-corrected chi connectivity index (χ3v) is 5.70. The van der Waals surface area contributed by atoms with Crippen molar-refractivity contribution in [2.75, 3.05) is 14.2 Å². The maximum Gasteiger partial charge on any atom is 0.231 e. The summed E-state index contributed by atoms with van der Waals surface area (Å²) in [5.41, 5.74) is 2.78. The molecule has 26 heavy (non-hydrogen) atoms. The molecule has 0 aliphatic heterocycles. The Morgan fingerprint density at radius 3 is 2.23 bits per heavy atom. The third kappa shape index (κ3) is 3.45. The van der Waals surface area contributed by atoms with Crippen LogP contribution in [0.15, 0.2) is 40.9 Å². The minimum atomic E-state index is -0.389. The number of nitrogens with one attached hydrogen (secondary N) is 1. The highest BCUT2D eigenvalue weighted by Gasteiger charge is 2.51. The number of hydrogen-bond donors (Lipinski definition) is 1. The molecule has 1 amide bonds. The van der Waals surface area contributed by atoms with Crippen molar-refractivity contribution in [3.8, 4) is 11.5 Å². The minimum Gasteiger partial charge on any atom is -0.493 e. The number of aryl methyl sites for hydroxylation is 1. The van der Waals surface area contributed by atoms with E-state index in [0.717, 1.165) is 34.0 Å². The number of methoxy groups -OCH3 is 2. The van der Waals surface area contributed by atoms with Gasteiger partial charge in [0, 0.05) is 4.47 Å². The van der Waals surface area contributed by atoms with Gasteiger partial charge in [-0.05, 0) is 67.6 Å². The van der Waals surface area contributed by atoms with E-state index < -0.39 is 0 Å². The molecule has 138 valence electrons. The van der Waals surface area contributed by atoms with Gasteiger partial charge >= 0.3 is 0 Å². The van der Waals surface area contributed by atoms with Crippen LogP contribution in [-0.4, -0.2) is 20.1 Å². The first-order valence-electron chi connectivity index (χ1n) is 8.71. The van der Waals surface area contributed by atoms with Crippen LogP contribution < -0.4 is 14.8 Å². The maximum atomic E-state index is 13.0. The van der Waals surface area contributed by atoms with Gasteiger partial charge in [-0.1, -0.05) is 28.1 Å². The Balaban J connectivity index is 1.81. The normalized spacial score (nSPS) is 15.9. The zero-order chi connectivity index (χ0) is 18.9. The number of amides is 1. The number of carbonyl (C=O) groups excluding carboxylic acids is 1. The van der Waals surface area contributed by atoms with Crippen molar-refractivity contribution in [3.63, 3.8) is 0 Å². The lowest BCUT2D eigenvalue weighted by Crippen LogP contribution is -2.36. The molecule has 1 atom stereocenters. The Labute approximate surface area is 163 Å². The molecule has 2 aromatic rings. The summed E-state index contributed by atoms with van der Waals surface area (Å²) in [4.78, 5) is 13.0. The third-order valence-electron chi connectivity index (χ3n) is 5.17. The van der Waals surface area contributed by atoms with E-state index >= 15 is 0 Å². The zero-order valence-electron chi connectivity index (χ0n) is 15.6. The molecule has 1 fully saturated rings. The van der Waals surface area contributed by atoms with Gasteiger partial charge in [0.25, 0.3) is 0 Å². The summed E-state index contributed by atoms with van der Waals surface area (Å²) in [6.07, 6.45) is 1.77. The molecule has 1 unspecified atom stereocenters. The summed E-state index contributed by atoms with van der Waals surface area (Å²) >= 11 is 3.45. The number of carbonyl (C=O) groups is 1. The Morgan fingerprint density at radius 1 is 1.12 bits per heavy atom. The van der Waals surface area contributed by atoms with E-state index in [-0.39, 0.29) is 17.4 Å². The van der Waals surface area contributed by atoms with Crippen molar-refractivity contribution in [2.45, 2.75) is 38.1 Å². The molecule has 4 nitrogen and oxygen atoms in total. The lowest BCUT2D eigenvalue weighted by Gasteiger charge is -2.22. The fraction of sp³-hybridized carbons (Fsp3) is 0.381. The van der Waals surface area contributed by atoms with E-state index in [1.54, 1.807) is 14.2 Å². The summed E-state index contributed by atoms with van der Waals surface area (Å²) in [6, 6.07) is 11.8. The van der Waals surface area contributed by atoms with Crippen LogP contribution in [0.5, 0.6) is 11.5 Å². The van der Waals surface area contributed by atoms with Crippen LogP contribution in [0, 0.1) is 6.92 Å². The topological polar surface area (TPSA) is 47.6 Å². The second-order valence-electron chi connectivity index (χ2n) is 6.85. The quantitative estimate of drug-likeness (QED) is 0.741. The Morgan fingerprint density at radius 2 is 1.69 bits per heavy atom. The van der Waals surface area contributed by atoms with Crippen LogP contribution in [0.4, 0.5) is 0 Å². The van der Waals surface area contributed by atoms with E-state index in [0.29, 0.717) is 11.5 Å². The van der Waals surface area contributed by atoms with Crippen LogP contribution in [0.25, 0.3) is 0 Å². The average Bonchev–Trinajstić information content (AvgIpc) is 3.43. The van der Waals surface area contributed by atoms with Gasteiger partial charge in [0.2, 0.25) is 5.91 Å². The zero-order valence-corrected chi connectivity index (χ0v) is 17.1. The molecule has 0 heterocycles. The first-order valence-corrected chi connectivity index (χ1v) is 9.50. The van der Waals surface area contributed by atoms with Crippen LogP contribution in [0.3, 0.4) is 0 Å². The smallest absolute Gasteiger partial charge is 0.231 e. The number of ether oxygens (including phenoxy) is 2. The standard InChI is InChI=1S/C21H24BrNO3/c1-13-11-18(25-3)19(26-4)12-17(13)14(2)23-20(24)21(9-10-21)15-5-7-16(22)8-6-15/h5-8,11-12,14H,9-10H2,1-4H3,(H,23,24). The van der Waals surface area contributed by atoms with Crippen molar-refractivity contribution in [3.05, 3.63) is 57.6 Å². The molecular weight excluding hydrogens is 394 g/mol. The van der Waals surface area contributed by atoms with E-state index in [2.05, 4.69) is 21.2 Å². The molecule has 5 heteroatoms. The van der Waals surface area contributed by atoms with Gasteiger partial charge in [0.05, 0.1) is 25.7 Å². The van der Waals surface area contributed by atoms with Gasteiger partial charge in [0.1, 0.15) is 0 Å². The second-order valence-corrected chi connectivity index (χ2v) is 7.76. The lowest BCUT2D eigenvalue weighted by atomic mass is 9.93. The molecule has 1 saturated carbocycles. The molecule has 1 aliphatic carbocycles. The van der Waals surface area contributed by atoms with Crippen molar-refractivity contribution < 1.29 is 14.3 Å². The van der Waals surface area contributed by atoms with Gasteiger partial charge in [0.15, 0.2) is 11.5 Å². The van der Waals surface area contributed by atoms with Crippen molar-refractivity contribution in [1.82, 2.24) is 5.32 Å². The van der Waals surface area contributed by atoms with Crippen molar-refractivity contribution in [1.29, 1.82) is 0 Å². The van der Waals surface area contributed by atoms with Crippen LogP contribution in [0.1, 0.15) is 42.5 Å². The van der Waals surface area contributed by atoms with Crippen molar-refractivity contribution in [2.24, 2.45) is 0 Å². The Kier molecular flexibility index (Phi) is 5.28. The van der Waals surface area contributed by atoms with Crippen LogP contribution >= 0.6 is 15.9 Å². The van der Waals surface area contributed by atoms with E-state index in [1.807, 2.05) is 50.2 Å². The van der Waals surface area contributed by atoms with E-state index in [1.165, 1.54) is 0 Å². The summed E-state index contributed by atoms with van der Waals surface area (Å²) < 4.78 is 11.8.